The van der Waals surface area contributed by atoms with E-state index in [-0.39, 0.29) is 18.4 Å². The molecule has 0 atom stereocenters. The Morgan fingerprint density at radius 1 is 1.07 bits per heavy atom. The number of benzene rings is 2. The molecule has 0 saturated carbocycles. The molecule has 7 nitrogen and oxygen atoms in total. The minimum Gasteiger partial charge on any atom is -0.351 e. The number of rotatable bonds is 5. The Morgan fingerprint density at radius 2 is 1.90 bits per heavy atom. The van der Waals surface area contributed by atoms with E-state index in [1.165, 1.54) is 11.1 Å². The first kappa shape index (κ1) is 18.9. The number of hydrogen-bond acceptors (Lipinski definition) is 4. The summed E-state index contributed by atoms with van der Waals surface area (Å²) in [5.74, 6) is -0.255. The van der Waals surface area contributed by atoms with Crippen LogP contribution >= 0.6 is 0 Å². The number of amides is 2. The second kappa shape index (κ2) is 8.28. The smallest absolute Gasteiger partial charge is 0.272 e. The lowest BCUT2D eigenvalue weighted by Gasteiger charge is -2.29. The van der Waals surface area contributed by atoms with E-state index in [2.05, 4.69) is 22.5 Å². The van der Waals surface area contributed by atoms with Crippen molar-refractivity contribution in [3.63, 3.8) is 0 Å². The van der Waals surface area contributed by atoms with E-state index >= 15 is 0 Å². The second-order valence-corrected chi connectivity index (χ2v) is 7.02. The van der Waals surface area contributed by atoms with Crippen LogP contribution in [0.4, 0.5) is 0 Å². The molecule has 1 aliphatic heterocycles. The van der Waals surface area contributed by atoms with Crippen molar-refractivity contribution >= 4 is 11.8 Å². The van der Waals surface area contributed by atoms with E-state index in [1.54, 1.807) is 16.9 Å². The minimum atomic E-state index is -0.212. The summed E-state index contributed by atoms with van der Waals surface area (Å²) < 4.78 is 1.65. The predicted molar refractivity (Wildman–Crippen MR) is 109 cm³/mol. The van der Waals surface area contributed by atoms with Crippen LogP contribution in [0.15, 0.2) is 60.8 Å². The zero-order valence-corrected chi connectivity index (χ0v) is 16.0. The van der Waals surface area contributed by atoms with E-state index in [1.807, 2.05) is 41.3 Å². The summed E-state index contributed by atoms with van der Waals surface area (Å²) in [6, 6.07) is 17.6. The van der Waals surface area contributed by atoms with Crippen molar-refractivity contribution in [3.05, 3.63) is 83.2 Å². The highest BCUT2D eigenvalue weighted by molar-refractivity contribution is 5.93. The molecule has 4 rings (SSSR count). The van der Waals surface area contributed by atoms with Gasteiger partial charge in [0.2, 0.25) is 5.91 Å². The summed E-state index contributed by atoms with van der Waals surface area (Å²) in [7, 11) is 0. The standard InChI is InChI=1S/C22H23N5O2/c23-13-21(28)24-14-16-4-3-7-19(12-16)27-20(8-10-25-27)22(29)26-11-9-17-5-1-2-6-18(17)15-26/h1-8,10,12H,9,11,13-15,23H2,(H,24,28). The van der Waals surface area contributed by atoms with Crippen molar-refractivity contribution in [1.82, 2.24) is 20.0 Å². The third-order valence-corrected chi connectivity index (χ3v) is 5.11. The van der Waals surface area contributed by atoms with Crippen LogP contribution in [0.3, 0.4) is 0 Å². The van der Waals surface area contributed by atoms with Gasteiger partial charge in [0.05, 0.1) is 18.4 Å². The summed E-state index contributed by atoms with van der Waals surface area (Å²) in [5, 5.41) is 7.11. The quantitative estimate of drug-likeness (QED) is 0.694. The van der Waals surface area contributed by atoms with Gasteiger partial charge in [-0.25, -0.2) is 4.68 Å². The van der Waals surface area contributed by atoms with Crippen LogP contribution < -0.4 is 11.1 Å². The summed E-state index contributed by atoms with van der Waals surface area (Å²) in [4.78, 5) is 26.5. The summed E-state index contributed by atoms with van der Waals surface area (Å²) in [6.45, 7) is 1.62. The van der Waals surface area contributed by atoms with Crippen molar-refractivity contribution in [1.29, 1.82) is 0 Å². The fraction of sp³-hybridized carbons (Fsp3) is 0.227. The van der Waals surface area contributed by atoms with Gasteiger partial charge < -0.3 is 16.0 Å². The van der Waals surface area contributed by atoms with Crippen molar-refractivity contribution in [2.24, 2.45) is 5.73 Å². The Bertz CT molecular complexity index is 1040. The molecule has 0 saturated heterocycles. The SMILES string of the molecule is NCC(=O)NCc1cccc(-n2nccc2C(=O)N2CCc3ccccc3C2)c1. The first-order valence-electron chi connectivity index (χ1n) is 9.62. The van der Waals surface area contributed by atoms with Crippen molar-refractivity contribution in [2.45, 2.75) is 19.5 Å². The van der Waals surface area contributed by atoms with Crippen LogP contribution in [0.5, 0.6) is 0 Å². The minimum absolute atomic E-state index is 0.0427. The zero-order valence-electron chi connectivity index (χ0n) is 16.0. The molecule has 29 heavy (non-hydrogen) atoms. The molecule has 0 bridgehead atoms. The van der Waals surface area contributed by atoms with Gasteiger partial charge in [-0.15, -0.1) is 0 Å². The van der Waals surface area contributed by atoms with Crippen LogP contribution in [-0.4, -0.2) is 39.6 Å². The third-order valence-electron chi connectivity index (χ3n) is 5.11. The maximum absolute atomic E-state index is 13.2. The van der Waals surface area contributed by atoms with Gasteiger partial charge in [-0.1, -0.05) is 36.4 Å². The van der Waals surface area contributed by atoms with E-state index in [4.69, 9.17) is 5.73 Å². The summed E-state index contributed by atoms with van der Waals surface area (Å²) in [5.41, 5.74) is 10.0. The average molecular weight is 389 g/mol. The number of nitrogens with two attached hydrogens (primary N) is 1. The van der Waals surface area contributed by atoms with Gasteiger partial charge in [0, 0.05) is 19.6 Å². The molecule has 2 heterocycles. The number of hydrogen-bond donors (Lipinski definition) is 2. The number of nitrogens with zero attached hydrogens (tertiary/aromatic N) is 3. The Balaban J connectivity index is 1.55. The molecule has 7 heteroatoms. The van der Waals surface area contributed by atoms with Crippen molar-refractivity contribution in [3.8, 4) is 5.69 Å². The van der Waals surface area contributed by atoms with Crippen LogP contribution in [0.25, 0.3) is 5.69 Å². The molecule has 3 N–H and O–H groups in total. The van der Waals surface area contributed by atoms with Crippen LogP contribution in [0.1, 0.15) is 27.2 Å². The van der Waals surface area contributed by atoms with Crippen molar-refractivity contribution < 1.29 is 9.59 Å². The highest BCUT2D eigenvalue weighted by atomic mass is 16.2. The lowest BCUT2D eigenvalue weighted by Crippen LogP contribution is -2.37. The Kier molecular flexibility index (Phi) is 5.39. The number of aromatic nitrogens is 2. The first-order valence-corrected chi connectivity index (χ1v) is 9.62. The molecule has 1 aliphatic rings. The maximum atomic E-state index is 13.2. The first-order chi connectivity index (χ1) is 14.2. The fourth-order valence-electron chi connectivity index (χ4n) is 3.57. The fourth-order valence-corrected chi connectivity index (χ4v) is 3.57. The molecule has 0 radical (unpaired) electrons. The second-order valence-electron chi connectivity index (χ2n) is 7.02. The number of nitrogens with one attached hydrogen (secondary N) is 1. The predicted octanol–water partition coefficient (Wildman–Crippen LogP) is 1.65. The van der Waals surface area contributed by atoms with E-state index in [0.29, 0.717) is 25.3 Å². The molecule has 0 spiro atoms. The zero-order chi connectivity index (χ0) is 20.2. The van der Waals surface area contributed by atoms with Gasteiger partial charge in [0.15, 0.2) is 0 Å². The Hall–Kier alpha value is -3.45. The molecule has 2 aromatic carbocycles. The summed E-state index contributed by atoms with van der Waals surface area (Å²) >= 11 is 0. The van der Waals surface area contributed by atoms with Crippen LogP contribution in [0, 0.1) is 0 Å². The lowest BCUT2D eigenvalue weighted by molar-refractivity contribution is -0.119. The number of fused-ring (bicyclic) bond motifs is 1. The Labute approximate surface area is 169 Å². The molecular weight excluding hydrogens is 366 g/mol. The molecule has 0 aliphatic carbocycles. The molecule has 148 valence electrons. The number of carbonyl (C=O) groups excluding carboxylic acids is 2. The normalized spacial score (nSPS) is 13.1. The largest absolute Gasteiger partial charge is 0.351 e. The van der Waals surface area contributed by atoms with E-state index in [9.17, 15) is 9.59 Å². The third kappa shape index (κ3) is 4.05. The number of carbonyl (C=O) groups is 2. The highest BCUT2D eigenvalue weighted by Crippen LogP contribution is 2.21. The van der Waals surface area contributed by atoms with Crippen LogP contribution in [0.2, 0.25) is 0 Å². The average Bonchev–Trinajstić information content (AvgIpc) is 3.26. The van der Waals surface area contributed by atoms with Gasteiger partial charge in [0.25, 0.3) is 5.91 Å². The summed E-state index contributed by atoms with van der Waals surface area (Å²) in [6.07, 6.45) is 2.49. The molecular formula is C22H23N5O2. The Morgan fingerprint density at radius 3 is 2.72 bits per heavy atom. The van der Waals surface area contributed by atoms with E-state index in [0.717, 1.165) is 17.7 Å². The topological polar surface area (TPSA) is 93.2 Å². The van der Waals surface area contributed by atoms with Crippen LogP contribution in [-0.2, 0) is 24.3 Å². The maximum Gasteiger partial charge on any atom is 0.272 e. The van der Waals surface area contributed by atoms with E-state index < -0.39 is 0 Å². The molecule has 2 amide bonds. The van der Waals surface area contributed by atoms with Gasteiger partial charge in [-0.05, 0) is 41.3 Å². The molecule has 1 aromatic heterocycles. The molecule has 3 aromatic rings. The monoisotopic (exact) mass is 389 g/mol. The van der Waals surface area contributed by atoms with Gasteiger partial charge in [0.1, 0.15) is 5.69 Å². The van der Waals surface area contributed by atoms with Crippen molar-refractivity contribution in [2.75, 3.05) is 13.1 Å². The highest BCUT2D eigenvalue weighted by Gasteiger charge is 2.24. The van der Waals surface area contributed by atoms with Gasteiger partial charge >= 0.3 is 0 Å². The lowest BCUT2D eigenvalue weighted by atomic mass is 10.00. The molecule has 0 fully saturated rings. The van der Waals surface area contributed by atoms with Gasteiger partial charge in [-0.3, -0.25) is 9.59 Å². The van der Waals surface area contributed by atoms with Gasteiger partial charge in [-0.2, -0.15) is 5.10 Å². The molecule has 0 unspecified atom stereocenters.